The lowest BCUT2D eigenvalue weighted by Gasteiger charge is -2.07. The highest BCUT2D eigenvalue weighted by atomic mass is 16.5. The van der Waals surface area contributed by atoms with Crippen LogP contribution < -0.4 is 10.6 Å². The number of anilines is 2. The number of nitrogens with one attached hydrogen (secondary N) is 2. The Balaban J connectivity index is 1.95. The molecule has 0 saturated heterocycles. The van der Waals surface area contributed by atoms with Crippen LogP contribution >= 0.6 is 0 Å². The molecule has 1 aliphatic rings. The molecule has 0 unspecified atom stereocenters. The van der Waals surface area contributed by atoms with Gasteiger partial charge in [-0.3, -0.25) is 0 Å². The van der Waals surface area contributed by atoms with Crippen molar-refractivity contribution in [3.63, 3.8) is 0 Å². The van der Waals surface area contributed by atoms with E-state index in [2.05, 4.69) is 20.6 Å². The van der Waals surface area contributed by atoms with Crippen LogP contribution in [0.2, 0.25) is 0 Å². The maximum absolute atomic E-state index is 5.37. The van der Waals surface area contributed by atoms with E-state index in [0.717, 1.165) is 24.7 Å². The molecule has 6 nitrogen and oxygen atoms in total. The number of nitrogens with zero attached hydrogens (tertiary/aromatic N) is 2. The van der Waals surface area contributed by atoms with Gasteiger partial charge in [-0.2, -0.15) is 0 Å². The van der Waals surface area contributed by atoms with E-state index < -0.39 is 0 Å². The van der Waals surface area contributed by atoms with E-state index in [0.29, 0.717) is 26.4 Å². The number of rotatable bonds is 0. The molecule has 0 aliphatic carbocycles. The fourth-order valence-electron chi connectivity index (χ4n) is 1.38. The normalized spacial score (nSPS) is 18.2. The lowest BCUT2D eigenvalue weighted by atomic mass is 10.5. The Kier molecular flexibility index (Phi) is 4.33. The number of hydrogen-bond acceptors (Lipinski definition) is 6. The highest BCUT2D eigenvalue weighted by molar-refractivity contribution is 5.46. The van der Waals surface area contributed by atoms with Gasteiger partial charge in [-0.25, -0.2) is 9.97 Å². The third-order valence-corrected chi connectivity index (χ3v) is 2.14. The van der Waals surface area contributed by atoms with E-state index in [4.69, 9.17) is 9.47 Å². The van der Waals surface area contributed by atoms with Gasteiger partial charge in [0, 0.05) is 19.2 Å². The van der Waals surface area contributed by atoms with Gasteiger partial charge in [0.2, 0.25) is 0 Å². The van der Waals surface area contributed by atoms with E-state index in [1.54, 1.807) is 0 Å². The predicted molar refractivity (Wildman–Crippen MR) is 60.6 cm³/mol. The zero-order valence-corrected chi connectivity index (χ0v) is 9.11. The second-order valence-corrected chi connectivity index (χ2v) is 3.37. The number of fused-ring (bicyclic) bond motifs is 2. The minimum absolute atomic E-state index is 0.630. The van der Waals surface area contributed by atoms with Crippen molar-refractivity contribution < 1.29 is 9.47 Å². The Morgan fingerprint density at radius 1 is 0.875 bits per heavy atom. The van der Waals surface area contributed by atoms with Gasteiger partial charge >= 0.3 is 0 Å². The molecule has 16 heavy (non-hydrogen) atoms. The van der Waals surface area contributed by atoms with Crippen LogP contribution in [0, 0.1) is 0 Å². The molecule has 0 radical (unpaired) electrons. The Hall–Kier alpha value is -1.40. The summed E-state index contributed by atoms with van der Waals surface area (Å²) in [6.45, 7) is 4.02. The Bertz CT molecular complexity index is 294. The second-order valence-electron chi connectivity index (χ2n) is 3.37. The first kappa shape index (κ1) is 11.1. The molecule has 0 aromatic carbocycles. The van der Waals surface area contributed by atoms with Gasteiger partial charge < -0.3 is 20.1 Å². The van der Waals surface area contributed by atoms with Crippen molar-refractivity contribution in [1.29, 1.82) is 0 Å². The molecule has 0 fully saturated rings. The van der Waals surface area contributed by atoms with Crippen molar-refractivity contribution in [1.82, 2.24) is 9.97 Å². The third kappa shape index (κ3) is 3.63. The zero-order valence-electron chi connectivity index (χ0n) is 9.11. The molecule has 0 atom stereocenters. The van der Waals surface area contributed by atoms with Crippen LogP contribution in [0.1, 0.15) is 0 Å². The van der Waals surface area contributed by atoms with Crippen molar-refractivity contribution in [3.8, 4) is 0 Å². The molecule has 2 heterocycles. The number of aromatic nitrogens is 2. The molecule has 1 aromatic rings. The topological polar surface area (TPSA) is 68.3 Å². The zero-order chi connectivity index (χ0) is 11.1. The molecule has 0 spiro atoms. The van der Waals surface area contributed by atoms with Crippen LogP contribution in [-0.4, -0.2) is 49.5 Å². The fourth-order valence-corrected chi connectivity index (χ4v) is 1.38. The summed E-state index contributed by atoms with van der Waals surface area (Å²) in [6, 6.07) is 1.87. The summed E-state index contributed by atoms with van der Waals surface area (Å²) in [5.74, 6) is 1.61. The number of ether oxygens (including phenoxy) is 2. The quantitative estimate of drug-likeness (QED) is 0.662. The summed E-state index contributed by atoms with van der Waals surface area (Å²) < 4.78 is 10.7. The summed E-state index contributed by atoms with van der Waals surface area (Å²) in [4.78, 5) is 8.22. The van der Waals surface area contributed by atoms with E-state index in [9.17, 15) is 0 Å². The summed E-state index contributed by atoms with van der Waals surface area (Å²) in [5, 5.41) is 6.33. The van der Waals surface area contributed by atoms with E-state index in [1.807, 2.05) is 6.07 Å². The lowest BCUT2D eigenvalue weighted by Crippen LogP contribution is -2.14. The highest BCUT2D eigenvalue weighted by Gasteiger charge is 1.99. The largest absolute Gasteiger partial charge is 0.377 e. The Labute approximate surface area is 94.4 Å². The van der Waals surface area contributed by atoms with Crippen LogP contribution in [0.5, 0.6) is 0 Å². The Morgan fingerprint density at radius 2 is 1.44 bits per heavy atom. The molecule has 6 heteroatoms. The van der Waals surface area contributed by atoms with Crippen LogP contribution in [0.25, 0.3) is 0 Å². The minimum atomic E-state index is 0.630. The molecule has 2 rings (SSSR count). The smallest absolute Gasteiger partial charge is 0.131 e. The van der Waals surface area contributed by atoms with Crippen LogP contribution in [-0.2, 0) is 9.47 Å². The molecule has 0 amide bonds. The van der Waals surface area contributed by atoms with Crippen molar-refractivity contribution in [2.75, 3.05) is 50.2 Å². The van der Waals surface area contributed by atoms with Gasteiger partial charge in [0.05, 0.1) is 26.4 Å². The first-order valence-corrected chi connectivity index (χ1v) is 5.40. The summed E-state index contributed by atoms with van der Waals surface area (Å²) in [7, 11) is 0. The van der Waals surface area contributed by atoms with Crippen molar-refractivity contribution in [2.45, 2.75) is 0 Å². The van der Waals surface area contributed by atoms with Crippen LogP contribution in [0.3, 0.4) is 0 Å². The molecular formula is C10H16N4O2. The van der Waals surface area contributed by atoms with Crippen molar-refractivity contribution >= 4 is 11.6 Å². The van der Waals surface area contributed by atoms with Gasteiger partial charge in [-0.05, 0) is 0 Å². The summed E-state index contributed by atoms with van der Waals surface area (Å²) in [6.07, 6.45) is 1.53. The van der Waals surface area contributed by atoms with E-state index in [-0.39, 0.29) is 0 Å². The molecule has 1 aromatic heterocycles. The van der Waals surface area contributed by atoms with E-state index in [1.165, 1.54) is 6.33 Å². The first-order chi connectivity index (χ1) is 7.95. The molecular weight excluding hydrogens is 208 g/mol. The van der Waals surface area contributed by atoms with Crippen molar-refractivity contribution in [2.24, 2.45) is 0 Å². The molecule has 88 valence electrons. The van der Waals surface area contributed by atoms with E-state index >= 15 is 0 Å². The van der Waals surface area contributed by atoms with Gasteiger partial charge in [-0.1, -0.05) is 0 Å². The van der Waals surface area contributed by atoms with Crippen LogP contribution in [0.15, 0.2) is 12.4 Å². The monoisotopic (exact) mass is 224 g/mol. The average molecular weight is 224 g/mol. The molecule has 2 N–H and O–H groups in total. The predicted octanol–water partition coefficient (Wildman–Crippen LogP) is 0.347. The van der Waals surface area contributed by atoms with Crippen molar-refractivity contribution in [3.05, 3.63) is 12.4 Å². The highest BCUT2D eigenvalue weighted by Crippen LogP contribution is 2.07. The molecule has 0 saturated carbocycles. The fraction of sp³-hybridized carbons (Fsp3) is 0.600. The van der Waals surface area contributed by atoms with Gasteiger partial charge in [0.15, 0.2) is 0 Å². The van der Waals surface area contributed by atoms with Crippen LogP contribution in [0.4, 0.5) is 11.6 Å². The van der Waals surface area contributed by atoms with Gasteiger partial charge in [-0.15, -0.1) is 0 Å². The first-order valence-electron chi connectivity index (χ1n) is 5.40. The number of hydrogen-bond donors (Lipinski definition) is 2. The van der Waals surface area contributed by atoms with Gasteiger partial charge in [0.1, 0.15) is 18.0 Å². The Morgan fingerprint density at radius 3 is 2.00 bits per heavy atom. The summed E-state index contributed by atoms with van der Waals surface area (Å²) in [5.41, 5.74) is 0. The average Bonchev–Trinajstić information content (AvgIpc) is 2.32. The molecule has 2 bridgehead atoms. The second kappa shape index (κ2) is 6.24. The maximum atomic E-state index is 5.37. The summed E-state index contributed by atoms with van der Waals surface area (Å²) >= 11 is 0. The standard InChI is InChI=1S/C10H16N4O2/c1-3-15-5-6-16-4-2-12-10-7-9(11-1)13-8-14-10/h7-8H,1-6H2,(H2,11,12,13,14). The maximum Gasteiger partial charge on any atom is 0.131 e. The SMILES string of the molecule is c1nc2cc(n1)NCCOCCOCCN2. The molecule has 1 aliphatic heterocycles. The minimum Gasteiger partial charge on any atom is -0.377 e. The third-order valence-electron chi connectivity index (χ3n) is 2.14. The lowest BCUT2D eigenvalue weighted by molar-refractivity contribution is 0.0557. The van der Waals surface area contributed by atoms with Gasteiger partial charge in [0.25, 0.3) is 0 Å².